The molecule has 0 amide bonds. The summed E-state index contributed by atoms with van der Waals surface area (Å²) in [7, 11) is -4.13. The molecule has 1 atom stereocenters. The van der Waals surface area contributed by atoms with E-state index in [0.717, 1.165) is 0 Å². The van der Waals surface area contributed by atoms with Gasteiger partial charge in [-0.3, -0.25) is 4.55 Å². The van der Waals surface area contributed by atoms with Crippen LogP contribution in [-0.4, -0.2) is 18.4 Å². The second kappa shape index (κ2) is 3.76. The zero-order valence-corrected chi connectivity index (χ0v) is 7.78. The van der Waals surface area contributed by atoms with Gasteiger partial charge in [-0.2, -0.15) is 8.42 Å². The number of hydrogen-bond acceptors (Lipinski definition) is 3. The Labute approximate surface area is 76.9 Å². The molecule has 1 aromatic carbocycles. The molecule has 0 saturated heterocycles. The van der Waals surface area contributed by atoms with Crippen LogP contribution in [0.3, 0.4) is 0 Å². The molecule has 4 nitrogen and oxygen atoms in total. The Hall–Kier alpha value is -1.07. The van der Waals surface area contributed by atoms with E-state index in [-0.39, 0.29) is 0 Å². The summed E-state index contributed by atoms with van der Waals surface area (Å²) in [6, 6.07) is 9.05. The zero-order valence-electron chi connectivity index (χ0n) is 6.97. The Morgan fingerprint density at radius 1 is 1.46 bits per heavy atom. The highest BCUT2D eigenvalue weighted by molar-refractivity contribution is 7.86. The quantitative estimate of drug-likeness (QED) is 0.744. The average Bonchev–Trinajstić information content (AvgIpc) is 2.04. The summed E-state index contributed by atoms with van der Waals surface area (Å²) in [5.41, 5.74) is -1.25. The van der Waals surface area contributed by atoms with Gasteiger partial charge in [0.05, 0.1) is 0 Å². The third-order valence-electron chi connectivity index (χ3n) is 1.41. The van der Waals surface area contributed by atoms with Gasteiger partial charge in [-0.25, -0.2) is 0 Å². The van der Waals surface area contributed by atoms with Gasteiger partial charge in [-0.15, -0.1) is 0 Å². The molecule has 13 heavy (non-hydrogen) atoms. The van der Waals surface area contributed by atoms with Gasteiger partial charge < -0.3 is 4.74 Å². The minimum atomic E-state index is -4.13. The molecule has 5 heteroatoms. The SMILES string of the molecule is CC(Oc1cc[c]cc1)S(=O)(=O)O. The minimum Gasteiger partial charge on any atom is -0.472 e. The summed E-state index contributed by atoms with van der Waals surface area (Å²) < 4.78 is 34.6. The van der Waals surface area contributed by atoms with Crippen molar-refractivity contribution in [1.82, 2.24) is 0 Å². The molecule has 1 rings (SSSR count). The van der Waals surface area contributed by atoms with E-state index in [9.17, 15) is 8.42 Å². The first-order valence-electron chi connectivity index (χ1n) is 3.59. The lowest BCUT2D eigenvalue weighted by Gasteiger charge is -2.10. The largest absolute Gasteiger partial charge is 0.472 e. The fraction of sp³-hybridized carbons (Fsp3) is 0.250. The van der Waals surface area contributed by atoms with Crippen molar-refractivity contribution in [2.75, 3.05) is 0 Å². The van der Waals surface area contributed by atoms with E-state index in [1.807, 2.05) is 0 Å². The minimum absolute atomic E-state index is 0.379. The summed E-state index contributed by atoms with van der Waals surface area (Å²) in [6.07, 6.45) is 0. The van der Waals surface area contributed by atoms with E-state index in [0.29, 0.717) is 5.75 Å². The molecule has 0 aliphatic heterocycles. The maximum absolute atomic E-state index is 10.6. The standard InChI is InChI=1S/C8H9O4S/c1-7(13(9,10)11)12-8-5-3-2-4-6-8/h3-7H,1H3,(H,9,10,11). The Kier molecular flexibility index (Phi) is 2.90. The molecule has 0 spiro atoms. The maximum atomic E-state index is 10.6. The van der Waals surface area contributed by atoms with Gasteiger partial charge in [0.25, 0.3) is 0 Å². The topological polar surface area (TPSA) is 63.6 Å². The summed E-state index contributed by atoms with van der Waals surface area (Å²) in [6.45, 7) is 1.26. The Bertz CT molecular complexity index is 357. The normalized spacial score (nSPS) is 13.7. The van der Waals surface area contributed by atoms with Gasteiger partial charge in [0.1, 0.15) is 5.75 Å². The van der Waals surface area contributed by atoms with Crippen molar-refractivity contribution in [2.45, 2.75) is 12.4 Å². The van der Waals surface area contributed by atoms with E-state index in [2.05, 4.69) is 6.07 Å². The van der Waals surface area contributed by atoms with Crippen LogP contribution in [0.4, 0.5) is 0 Å². The lowest BCUT2D eigenvalue weighted by molar-refractivity contribution is 0.274. The van der Waals surface area contributed by atoms with Gasteiger partial charge in [0.2, 0.25) is 5.44 Å². The van der Waals surface area contributed by atoms with Crippen molar-refractivity contribution in [2.24, 2.45) is 0 Å². The highest BCUT2D eigenvalue weighted by atomic mass is 32.2. The van der Waals surface area contributed by atoms with Crippen molar-refractivity contribution >= 4 is 10.1 Å². The molecular formula is C8H9O4S. The molecule has 1 unspecified atom stereocenters. The van der Waals surface area contributed by atoms with Gasteiger partial charge in [0, 0.05) is 0 Å². The second-order valence-electron chi connectivity index (χ2n) is 2.44. The van der Waals surface area contributed by atoms with Crippen molar-refractivity contribution in [3.05, 3.63) is 30.3 Å². The van der Waals surface area contributed by atoms with Crippen molar-refractivity contribution in [3.63, 3.8) is 0 Å². The molecule has 1 radical (unpaired) electrons. The Morgan fingerprint density at radius 2 is 2.00 bits per heavy atom. The first-order valence-corrected chi connectivity index (χ1v) is 5.09. The fourth-order valence-electron chi connectivity index (χ4n) is 0.703. The van der Waals surface area contributed by atoms with Gasteiger partial charge >= 0.3 is 10.1 Å². The molecule has 0 aliphatic rings. The molecule has 0 heterocycles. The van der Waals surface area contributed by atoms with Gasteiger partial charge in [0.15, 0.2) is 0 Å². The smallest absolute Gasteiger partial charge is 0.303 e. The van der Waals surface area contributed by atoms with Crippen LogP contribution >= 0.6 is 0 Å². The molecule has 71 valence electrons. The second-order valence-corrected chi connectivity index (χ2v) is 4.13. The van der Waals surface area contributed by atoms with E-state index < -0.39 is 15.6 Å². The summed E-state index contributed by atoms with van der Waals surface area (Å²) >= 11 is 0. The van der Waals surface area contributed by atoms with E-state index >= 15 is 0 Å². The predicted molar refractivity (Wildman–Crippen MR) is 46.9 cm³/mol. The highest BCUT2D eigenvalue weighted by Gasteiger charge is 2.18. The van der Waals surface area contributed by atoms with E-state index in [1.165, 1.54) is 6.92 Å². The lowest BCUT2D eigenvalue weighted by atomic mass is 10.3. The first-order chi connectivity index (χ1) is 6.00. The van der Waals surface area contributed by atoms with Crippen LogP contribution in [0.2, 0.25) is 0 Å². The van der Waals surface area contributed by atoms with Gasteiger partial charge in [-0.1, -0.05) is 12.1 Å². The monoisotopic (exact) mass is 201 g/mol. The molecule has 0 fully saturated rings. The van der Waals surface area contributed by atoms with Crippen molar-refractivity contribution in [1.29, 1.82) is 0 Å². The molecule has 0 bridgehead atoms. The molecule has 0 aromatic heterocycles. The van der Waals surface area contributed by atoms with Gasteiger partial charge in [-0.05, 0) is 25.1 Å². The summed E-state index contributed by atoms with van der Waals surface area (Å²) in [4.78, 5) is 0. The fourth-order valence-corrected chi connectivity index (χ4v) is 0.935. The summed E-state index contributed by atoms with van der Waals surface area (Å²) in [5.74, 6) is 0.379. The molecule has 1 aromatic rings. The highest BCUT2D eigenvalue weighted by Crippen LogP contribution is 2.12. The third kappa shape index (κ3) is 3.04. The number of hydrogen-bond donors (Lipinski definition) is 1. The average molecular weight is 201 g/mol. The lowest BCUT2D eigenvalue weighted by Crippen LogP contribution is -2.22. The van der Waals surface area contributed by atoms with Crippen LogP contribution in [0.25, 0.3) is 0 Å². The molecular weight excluding hydrogens is 192 g/mol. The van der Waals surface area contributed by atoms with E-state index in [1.54, 1.807) is 24.3 Å². The molecule has 0 saturated carbocycles. The molecule has 0 aliphatic carbocycles. The number of benzene rings is 1. The van der Waals surface area contributed by atoms with Crippen LogP contribution < -0.4 is 4.74 Å². The Morgan fingerprint density at radius 3 is 2.46 bits per heavy atom. The Balaban J connectivity index is 2.72. The number of ether oxygens (including phenoxy) is 1. The molecule has 1 N–H and O–H groups in total. The van der Waals surface area contributed by atoms with E-state index in [4.69, 9.17) is 9.29 Å². The van der Waals surface area contributed by atoms with Crippen LogP contribution in [0, 0.1) is 6.07 Å². The van der Waals surface area contributed by atoms with Crippen LogP contribution in [0.15, 0.2) is 24.3 Å². The predicted octanol–water partition coefficient (Wildman–Crippen LogP) is 1.10. The van der Waals surface area contributed by atoms with Crippen LogP contribution in [0.5, 0.6) is 5.75 Å². The zero-order chi connectivity index (χ0) is 9.90. The van der Waals surface area contributed by atoms with Crippen LogP contribution in [0.1, 0.15) is 6.92 Å². The van der Waals surface area contributed by atoms with Crippen molar-refractivity contribution < 1.29 is 17.7 Å². The summed E-state index contributed by atoms with van der Waals surface area (Å²) in [5, 5.41) is 0. The first kappa shape index (κ1) is 10.0. The maximum Gasteiger partial charge on any atom is 0.303 e. The third-order valence-corrected chi connectivity index (χ3v) is 2.34. The number of rotatable bonds is 3. The van der Waals surface area contributed by atoms with Crippen LogP contribution in [-0.2, 0) is 10.1 Å². The van der Waals surface area contributed by atoms with Crippen molar-refractivity contribution in [3.8, 4) is 5.75 Å².